The van der Waals surface area contributed by atoms with Crippen molar-refractivity contribution in [3.63, 3.8) is 0 Å². The van der Waals surface area contributed by atoms with Crippen molar-refractivity contribution < 1.29 is 18.7 Å². The van der Waals surface area contributed by atoms with E-state index in [2.05, 4.69) is 5.32 Å². The fraction of sp³-hybridized carbons (Fsp3) is 0.389. The second-order valence-corrected chi connectivity index (χ2v) is 5.59. The standard InChI is InChI=1S/C18H22FNO3/c1-3-4-8-16(18(21)22)20-11-13-9-10-17(23-13)14-6-5-7-15(19)12(14)2/h5-7,9-10,16,20H,3-4,8,11H2,1-2H3,(H,21,22). The van der Waals surface area contributed by atoms with E-state index in [0.29, 0.717) is 35.6 Å². The summed E-state index contributed by atoms with van der Waals surface area (Å²) in [6, 6.07) is 7.83. The first kappa shape index (κ1) is 17.2. The lowest BCUT2D eigenvalue weighted by molar-refractivity contribution is -0.139. The van der Waals surface area contributed by atoms with Crippen LogP contribution in [0.15, 0.2) is 34.7 Å². The molecule has 0 saturated carbocycles. The number of unbranched alkanes of at least 4 members (excludes halogenated alkanes) is 1. The van der Waals surface area contributed by atoms with Gasteiger partial charge in [-0.3, -0.25) is 10.1 Å². The number of hydrogen-bond acceptors (Lipinski definition) is 3. The molecular weight excluding hydrogens is 297 g/mol. The third kappa shape index (κ3) is 4.42. The Balaban J connectivity index is 2.04. The molecule has 124 valence electrons. The molecule has 0 spiro atoms. The molecule has 1 aromatic carbocycles. The minimum absolute atomic E-state index is 0.274. The zero-order chi connectivity index (χ0) is 16.8. The predicted molar refractivity (Wildman–Crippen MR) is 86.6 cm³/mol. The van der Waals surface area contributed by atoms with Crippen LogP contribution in [0.5, 0.6) is 0 Å². The van der Waals surface area contributed by atoms with Gasteiger partial charge >= 0.3 is 5.97 Å². The Labute approximate surface area is 135 Å². The lowest BCUT2D eigenvalue weighted by Crippen LogP contribution is -2.36. The molecule has 2 N–H and O–H groups in total. The molecule has 1 atom stereocenters. The second kappa shape index (κ2) is 7.92. The highest BCUT2D eigenvalue weighted by atomic mass is 19.1. The molecule has 1 aromatic heterocycles. The summed E-state index contributed by atoms with van der Waals surface area (Å²) < 4.78 is 19.3. The van der Waals surface area contributed by atoms with Crippen LogP contribution in [0.4, 0.5) is 4.39 Å². The number of carboxylic acid groups (broad SMARTS) is 1. The van der Waals surface area contributed by atoms with Crippen molar-refractivity contribution in [3.05, 3.63) is 47.5 Å². The van der Waals surface area contributed by atoms with Crippen LogP contribution in [0.25, 0.3) is 11.3 Å². The van der Waals surface area contributed by atoms with Gasteiger partial charge in [-0.05, 0) is 37.1 Å². The second-order valence-electron chi connectivity index (χ2n) is 5.59. The Hall–Kier alpha value is -2.14. The molecule has 0 aliphatic heterocycles. The number of nitrogens with one attached hydrogen (secondary N) is 1. The summed E-state index contributed by atoms with van der Waals surface area (Å²) >= 11 is 0. The maximum atomic E-state index is 13.6. The minimum Gasteiger partial charge on any atom is -0.480 e. The van der Waals surface area contributed by atoms with Gasteiger partial charge in [0.15, 0.2) is 0 Å². The molecule has 5 heteroatoms. The first-order valence-corrected chi connectivity index (χ1v) is 7.83. The topological polar surface area (TPSA) is 62.5 Å². The van der Waals surface area contributed by atoms with Gasteiger partial charge in [-0.15, -0.1) is 0 Å². The van der Waals surface area contributed by atoms with Crippen LogP contribution in [0, 0.1) is 12.7 Å². The van der Waals surface area contributed by atoms with Crippen LogP contribution in [-0.2, 0) is 11.3 Å². The molecule has 2 aromatic rings. The summed E-state index contributed by atoms with van der Waals surface area (Å²) in [4.78, 5) is 11.2. The molecule has 0 radical (unpaired) electrons. The Morgan fingerprint density at radius 1 is 1.35 bits per heavy atom. The van der Waals surface area contributed by atoms with E-state index >= 15 is 0 Å². The van der Waals surface area contributed by atoms with E-state index < -0.39 is 12.0 Å². The first-order chi connectivity index (χ1) is 11.0. The Morgan fingerprint density at radius 3 is 2.83 bits per heavy atom. The van der Waals surface area contributed by atoms with E-state index in [1.165, 1.54) is 6.07 Å². The molecule has 1 heterocycles. The fourth-order valence-corrected chi connectivity index (χ4v) is 2.44. The lowest BCUT2D eigenvalue weighted by Gasteiger charge is -2.12. The van der Waals surface area contributed by atoms with Gasteiger partial charge in [0.1, 0.15) is 23.4 Å². The minimum atomic E-state index is -0.855. The van der Waals surface area contributed by atoms with E-state index in [1.807, 2.05) is 6.92 Å². The molecule has 4 nitrogen and oxygen atoms in total. The molecule has 0 amide bonds. The maximum Gasteiger partial charge on any atom is 0.320 e. The number of benzene rings is 1. The molecule has 0 aliphatic rings. The van der Waals surface area contributed by atoms with Crippen LogP contribution in [0.2, 0.25) is 0 Å². The van der Waals surface area contributed by atoms with Gasteiger partial charge in [0, 0.05) is 5.56 Å². The van der Waals surface area contributed by atoms with Gasteiger partial charge in [-0.1, -0.05) is 31.9 Å². The fourth-order valence-electron chi connectivity index (χ4n) is 2.44. The molecule has 2 rings (SSSR count). The van der Waals surface area contributed by atoms with Gasteiger partial charge in [-0.25, -0.2) is 4.39 Å². The summed E-state index contributed by atoms with van der Waals surface area (Å²) in [6.07, 6.45) is 2.40. The van der Waals surface area contributed by atoms with Gasteiger partial charge < -0.3 is 9.52 Å². The largest absolute Gasteiger partial charge is 0.480 e. The molecule has 0 aliphatic carbocycles. The van der Waals surface area contributed by atoms with Crippen LogP contribution < -0.4 is 5.32 Å². The maximum absolute atomic E-state index is 13.6. The highest BCUT2D eigenvalue weighted by Gasteiger charge is 2.17. The molecule has 23 heavy (non-hydrogen) atoms. The average molecular weight is 319 g/mol. The Morgan fingerprint density at radius 2 is 2.13 bits per heavy atom. The Kier molecular flexibility index (Phi) is 5.93. The van der Waals surface area contributed by atoms with Crippen LogP contribution in [-0.4, -0.2) is 17.1 Å². The number of aliphatic carboxylic acids is 1. The molecule has 0 bridgehead atoms. The highest BCUT2D eigenvalue weighted by Crippen LogP contribution is 2.27. The van der Waals surface area contributed by atoms with Gasteiger partial charge in [0.05, 0.1) is 6.54 Å². The van der Waals surface area contributed by atoms with Crippen molar-refractivity contribution in [1.29, 1.82) is 0 Å². The van der Waals surface area contributed by atoms with E-state index in [0.717, 1.165) is 12.8 Å². The van der Waals surface area contributed by atoms with Crippen molar-refractivity contribution in [2.75, 3.05) is 0 Å². The molecular formula is C18H22FNO3. The quantitative estimate of drug-likeness (QED) is 0.768. The number of carboxylic acids is 1. The van der Waals surface area contributed by atoms with Crippen molar-refractivity contribution in [3.8, 4) is 11.3 Å². The molecule has 1 unspecified atom stereocenters. The van der Waals surface area contributed by atoms with E-state index in [-0.39, 0.29) is 5.82 Å². The number of hydrogen-bond donors (Lipinski definition) is 2. The number of halogens is 1. The summed E-state index contributed by atoms with van der Waals surface area (Å²) in [6.45, 7) is 4.06. The van der Waals surface area contributed by atoms with E-state index in [9.17, 15) is 14.3 Å². The van der Waals surface area contributed by atoms with Gasteiger partial charge in [-0.2, -0.15) is 0 Å². The summed E-state index contributed by atoms with van der Waals surface area (Å²) in [7, 11) is 0. The lowest BCUT2D eigenvalue weighted by atomic mass is 10.1. The number of furan rings is 1. The first-order valence-electron chi connectivity index (χ1n) is 7.83. The van der Waals surface area contributed by atoms with Crippen LogP contribution >= 0.6 is 0 Å². The van der Waals surface area contributed by atoms with Gasteiger partial charge in [0.2, 0.25) is 0 Å². The third-order valence-electron chi connectivity index (χ3n) is 3.86. The number of rotatable bonds is 8. The third-order valence-corrected chi connectivity index (χ3v) is 3.86. The predicted octanol–water partition coefficient (Wildman–Crippen LogP) is 4.13. The van der Waals surface area contributed by atoms with Crippen molar-refractivity contribution in [2.24, 2.45) is 0 Å². The van der Waals surface area contributed by atoms with Crippen molar-refractivity contribution >= 4 is 5.97 Å². The monoisotopic (exact) mass is 319 g/mol. The summed E-state index contributed by atoms with van der Waals surface area (Å²) in [5, 5.41) is 12.2. The number of carbonyl (C=O) groups is 1. The highest BCUT2D eigenvalue weighted by molar-refractivity contribution is 5.73. The average Bonchev–Trinajstić information content (AvgIpc) is 2.98. The SMILES string of the molecule is CCCCC(NCc1ccc(-c2cccc(F)c2C)o1)C(=O)O. The van der Waals surface area contributed by atoms with Crippen molar-refractivity contribution in [2.45, 2.75) is 45.7 Å². The van der Waals surface area contributed by atoms with E-state index in [4.69, 9.17) is 4.42 Å². The smallest absolute Gasteiger partial charge is 0.320 e. The van der Waals surface area contributed by atoms with Gasteiger partial charge in [0.25, 0.3) is 0 Å². The van der Waals surface area contributed by atoms with Crippen molar-refractivity contribution in [1.82, 2.24) is 5.32 Å². The molecule has 0 fully saturated rings. The Bertz CT molecular complexity index is 666. The van der Waals surface area contributed by atoms with Crippen LogP contribution in [0.1, 0.15) is 37.5 Å². The molecule has 0 saturated heterocycles. The normalized spacial score (nSPS) is 12.3. The summed E-state index contributed by atoms with van der Waals surface area (Å²) in [5.41, 5.74) is 1.24. The van der Waals surface area contributed by atoms with Crippen LogP contribution in [0.3, 0.4) is 0 Å². The zero-order valence-corrected chi connectivity index (χ0v) is 13.4. The summed E-state index contributed by atoms with van der Waals surface area (Å²) in [5.74, 6) is 0.0842. The zero-order valence-electron chi connectivity index (χ0n) is 13.4. The van der Waals surface area contributed by atoms with E-state index in [1.54, 1.807) is 31.2 Å².